The van der Waals surface area contributed by atoms with Gasteiger partial charge in [-0.05, 0) is 54.7 Å². The number of piperidine rings is 1. The average molecular weight is 517 g/mol. The Bertz CT molecular complexity index is 1480. The third kappa shape index (κ3) is 4.29. The van der Waals surface area contributed by atoms with Crippen molar-refractivity contribution in [3.8, 4) is 5.75 Å². The van der Waals surface area contributed by atoms with Crippen LogP contribution in [0.2, 0.25) is 0 Å². The summed E-state index contributed by atoms with van der Waals surface area (Å²) in [6.45, 7) is 3.49. The molecule has 1 fully saturated rings. The van der Waals surface area contributed by atoms with Crippen LogP contribution in [0.25, 0.3) is 17.2 Å². The summed E-state index contributed by atoms with van der Waals surface area (Å²) in [7, 11) is 1.69. The van der Waals surface area contributed by atoms with E-state index in [-0.39, 0.29) is 5.41 Å². The summed E-state index contributed by atoms with van der Waals surface area (Å²) in [4.78, 5) is 16.5. The minimum Gasteiger partial charge on any atom is -0.497 e. The zero-order valence-corrected chi connectivity index (χ0v) is 21.8. The lowest BCUT2D eigenvalue weighted by Gasteiger charge is -2.40. The van der Waals surface area contributed by atoms with Crippen molar-refractivity contribution in [3.05, 3.63) is 71.1 Å². The molecule has 0 N–H and O–H groups in total. The van der Waals surface area contributed by atoms with Gasteiger partial charge in [-0.3, -0.25) is 4.99 Å². The number of hydrogen-bond acceptors (Lipinski definition) is 6. The Morgan fingerprint density at radius 2 is 1.89 bits per heavy atom. The van der Waals surface area contributed by atoms with Crippen molar-refractivity contribution in [2.75, 3.05) is 25.1 Å². The Hall–Kier alpha value is -3.88. The molecule has 0 radical (unpaired) electrons. The van der Waals surface area contributed by atoms with Crippen molar-refractivity contribution < 1.29 is 13.5 Å². The molecule has 1 aromatic carbocycles. The normalized spacial score (nSPS) is 18.6. The molecule has 0 atom stereocenters. The standard InChI is InChI=1S/C29H30F2N6O/c1-18-23(19-5-4-6-22(11-19)38-3)14-26(35-18)29(2)7-9-36(10-8-29)27-24-12-20(13-25(24)32-17-33-27)21-15-34-37(16-21)28(30)31/h4-6,11-12,15-17,28H,7-10,13-14H2,1-3H3. The van der Waals surface area contributed by atoms with Gasteiger partial charge in [-0.1, -0.05) is 19.1 Å². The molecule has 38 heavy (non-hydrogen) atoms. The number of anilines is 1. The van der Waals surface area contributed by atoms with Crippen molar-refractivity contribution in [1.29, 1.82) is 0 Å². The van der Waals surface area contributed by atoms with Crippen molar-refractivity contribution >= 4 is 28.8 Å². The van der Waals surface area contributed by atoms with Crippen LogP contribution in [0.1, 0.15) is 62.0 Å². The Kier molecular flexibility index (Phi) is 6.08. The van der Waals surface area contributed by atoms with Gasteiger partial charge in [0, 0.05) is 60.1 Å². The molecule has 0 bridgehead atoms. The first-order valence-electron chi connectivity index (χ1n) is 12.9. The minimum absolute atomic E-state index is 0.0133. The maximum atomic E-state index is 13.0. The van der Waals surface area contributed by atoms with Gasteiger partial charge in [-0.25, -0.2) is 14.6 Å². The van der Waals surface area contributed by atoms with Crippen LogP contribution in [0.4, 0.5) is 14.6 Å². The smallest absolute Gasteiger partial charge is 0.333 e. The van der Waals surface area contributed by atoms with Crippen LogP contribution in [0, 0.1) is 5.41 Å². The van der Waals surface area contributed by atoms with Crippen molar-refractivity contribution in [2.24, 2.45) is 10.4 Å². The first kappa shape index (κ1) is 24.5. The van der Waals surface area contributed by atoms with E-state index >= 15 is 0 Å². The molecule has 0 saturated carbocycles. The first-order valence-corrected chi connectivity index (χ1v) is 12.9. The number of allylic oxidation sites excluding steroid dienone is 3. The minimum atomic E-state index is -2.65. The zero-order chi connectivity index (χ0) is 26.4. The number of aliphatic imine (C=N–C) groups is 1. The van der Waals surface area contributed by atoms with Gasteiger partial charge in [-0.15, -0.1) is 0 Å². The molecule has 0 amide bonds. The zero-order valence-electron chi connectivity index (χ0n) is 21.8. The molecule has 9 heteroatoms. The molecule has 2 aliphatic heterocycles. The number of aromatic nitrogens is 4. The highest BCUT2D eigenvalue weighted by molar-refractivity contribution is 6.03. The lowest BCUT2D eigenvalue weighted by atomic mass is 9.74. The Labute approximate surface area is 220 Å². The molecular weight excluding hydrogens is 486 g/mol. The number of rotatable bonds is 6. The van der Waals surface area contributed by atoms with Crippen LogP contribution >= 0.6 is 0 Å². The maximum Gasteiger partial charge on any atom is 0.333 e. The summed E-state index contributed by atoms with van der Waals surface area (Å²) < 4.78 is 32.1. The van der Waals surface area contributed by atoms with Gasteiger partial charge in [-0.2, -0.15) is 13.9 Å². The lowest BCUT2D eigenvalue weighted by molar-refractivity contribution is 0.0566. The van der Waals surface area contributed by atoms with E-state index in [1.807, 2.05) is 18.2 Å². The van der Waals surface area contributed by atoms with E-state index in [2.05, 4.69) is 45.9 Å². The summed E-state index contributed by atoms with van der Waals surface area (Å²) in [5.74, 6) is 1.77. The van der Waals surface area contributed by atoms with Gasteiger partial charge < -0.3 is 9.64 Å². The number of fused-ring (bicyclic) bond motifs is 1. The van der Waals surface area contributed by atoms with Crippen LogP contribution in [0.3, 0.4) is 0 Å². The Balaban J connectivity index is 1.17. The molecule has 1 aliphatic carbocycles. The molecule has 1 saturated heterocycles. The van der Waals surface area contributed by atoms with Crippen molar-refractivity contribution in [1.82, 2.24) is 19.7 Å². The second-order valence-corrected chi connectivity index (χ2v) is 10.5. The van der Waals surface area contributed by atoms with Crippen LogP contribution < -0.4 is 9.64 Å². The van der Waals surface area contributed by atoms with Gasteiger partial charge in [0.1, 0.15) is 17.9 Å². The van der Waals surface area contributed by atoms with Gasteiger partial charge in [0.15, 0.2) is 0 Å². The summed E-state index contributed by atoms with van der Waals surface area (Å²) >= 11 is 0. The topological polar surface area (TPSA) is 68.4 Å². The third-order valence-corrected chi connectivity index (χ3v) is 8.16. The highest BCUT2D eigenvalue weighted by atomic mass is 19.3. The quantitative estimate of drug-likeness (QED) is 0.399. The fraction of sp³-hybridized carbons (Fsp3) is 0.379. The summed E-state index contributed by atoms with van der Waals surface area (Å²) in [5.41, 5.74) is 8.30. The highest BCUT2D eigenvalue weighted by Crippen LogP contribution is 2.43. The van der Waals surface area contributed by atoms with Gasteiger partial charge in [0.25, 0.3) is 0 Å². The predicted molar refractivity (Wildman–Crippen MR) is 144 cm³/mol. The fourth-order valence-electron chi connectivity index (χ4n) is 5.74. The molecule has 0 unspecified atom stereocenters. The molecule has 196 valence electrons. The van der Waals surface area contributed by atoms with E-state index in [9.17, 15) is 8.78 Å². The summed E-state index contributed by atoms with van der Waals surface area (Å²) in [6.07, 6.45) is 9.90. The molecule has 6 rings (SSSR count). The molecule has 3 aliphatic rings. The summed E-state index contributed by atoms with van der Waals surface area (Å²) in [6, 6.07) is 8.20. The molecule has 7 nitrogen and oxygen atoms in total. The van der Waals surface area contributed by atoms with Crippen LogP contribution in [-0.4, -0.2) is 45.7 Å². The van der Waals surface area contributed by atoms with E-state index in [0.29, 0.717) is 16.7 Å². The fourth-order valence-corrected chi connectivity index (χ4v) is 5.74. The van der Waals surface area contributed by atoms with E-state index in [0.717, 1.165) is 66.4 Å². The van der Waals surface area contributed by atoms with E-state index < -0.39 is 6.55 Å². The van der Waals surface area contributed by atoms with Crippen molar-refractivity contribution in [2.45, 2.75) is 46.1 Å². The first-order chi connectivity index (χ1) is 18.3. The SMILES string of the molecule is COc1cccc(C2=C(C)N=C(C3(C)CCN(c4ncnc5c4C=C(c4cnn(C(F)F)c4)C5)CC3)C2)c1. The monoisotopic (exact) mass is 516 g/mol. The number of hydrogen-bond donors (Lipinski definition) is 0. The lowest BCUT2D eigenvalue weighted by Crippen LogP contribution is -2.43. The van der Waals surface area contributed by atoms with Crippen molar-refractivity contribution in [3.63, 3.8) is 0 Å². The molecular formula is C29H30F2N6O. The van der Waals surface area contributed by atoms with Crippen LogP contribution in [-0.2, 0) is 6.42 Å². The number of halogens is 2. The number of ether oxygens (including phenoxy) is 1. The molecule has 2 aromatic heterocycles. The molecule has 0 spiro atoms. The number of nitrogens with zero attached hydrogens (tertiary/aromatic N) is 6. The predicted octanol–water partition coefficient (Wildman–Crippen LogP) is 6.06. The average Bonchev–Trinajstić information content (AvgIpc) is 3.67. The third-order valence-electron chi connectivity index (χ3n) is 8.16. The van der Waals surface area contributed by atoms with Crippen LogP contribution in [0.15, 0.2) is 53.7 Å². The Morgan fingerprint density at radius 3 is 2.63 bits per heavy atom. The second kappa shape index (κ2) is 9.45. The van der Waals surface area contributed by atoms with Gasteiger partial charge in [0.05, 0.1) is 19.0 Å². The number of methoxy groups -OCH3 is 1. The van der Waals surface area contributed by atoms with Crippen LogP contribution in [0.5, 0.6) is 5.75 Å². The van der Waals surface area contributed by atoms with Gasteiger partial charge in [0.2, 0.25) is 0 Å². The number of benzene rings is 1. The van der Waals surface area contributed by atoms with E-state index in [4.69, 9.17) is 9.73 Å². The molecule has 3 aromatic rings. The van der Waals surface area contributed by atoms with Gasteiger partial charge >= 0.3 is 6.55 Å². The molecule has 4 heterocycles. The number of alkyl halides is 2. The largest absolute Gasteiger partial charge is 0.497 e. The Morgan fingerprint density at radius 1 is 1.08 bits per heavy atom. The second-order valence-electron chi connectivity index (χ2n) is 10.5. The van der Waals surface area contributed by atoms with E-state index in [1.54, 1.807) is 13.4 Å². The van der Waals surface area contributed by atoms with E-state index in [1.165, 1.54) is 29.2 Å². The highest BCUT2D eigenvalue weighted by Gasteiger charge is 2.38. The summed E-state index contributed by atoms with van der Waals surface area (Å²) in [5, 5.41) is 3.79. The maximum absolute atomic E-state index is 13.0.